The van der Waals surface area contributed by atoms with Crippen molar-refractivity contribution in [2.45, 2.75) is 6.54 Å². The largest absolute Gasteiger partial charge is 0.492 e. The third kappa shape index (κ3) is 7.22. The van der Waals surface area contributed by atoms with Crippen molar-refractivity contribution >= 4 is 50.5 Å². The number of nitrogens with zero attached hydrogens (tertiary/aromatic N) is 2. The number of ether oxygens (including phenoxy) is 2. The molecule has 0 atom stereocenters. The highest BCUT2D eigenvalue weighted by Crippen LogP contribution is 2.24. The maximum atomic E-state index is 12.2. The van der Waals surface area contributed by atoms with Crippen molar-refractivity contribution in [3.8, 4) is 5.75 Å². The van der Waals surface area contributed by atoms with Crippen molar-refractivity contribution in [3.05, 3.63) is 76.8 Å². The summed E-state index contributed by atoms with van der Waals surface area (Å²) in [6.45, 7) is 5.47. The van der Waals surface area contributed by atoms with Gasteiger partial charge in [0.2, 0.25) is 0 Å². The molecule has 1 aliphatic heterocycles. The smallest absolute Gasteiger partial charge is 0.323 e. The number of morpholine rings is 1. The van der Waals surface area contributed by atoms with E-state index in [4.69, 9.17) is 13.9 Å². The number of amides is 2. The third-order valence-corrected chi connectivity index (χ3v) is 6.43. The molecule has 1 aromatic heterocycles. The Bertz CT molecular complexity index is 1320. The van der Waals surface area contributed by atoms with Gasteiger partial charge in [-0.25, -0.2) is 4.79 Å². The minimum Gasteiger partial charge on any atom is -0.492 e. The quantitative estimate of drug-likeness (QED) is 0.244. The number of benzene rings is 3. The summed E-state index contributed by atoms with van der Waals surface area (Å²) in [5, 5.41) is 8.84. The summed E-state index contributed by atoms with van der Waals surface area (Å²) in [7, 11) is 0. The minimum absolute atomic E-state index is 0.302. The predicted molar refractivity (Wildman–Crippen MR) is 147 cm³/mol. The van der Waals surface area contributed by atoms with E-state index in [1.807, 2.05) is 66.7 Å². The van der Waals surface area contributed by atoms with Gasteiger partial charge in [0.25, 0.3) is 6.01 Å². The minimum atomic E-state index is -0.302. The fraction of sp³-hybridized carbons (Fsp3) is 0.259. The Morgan fingerprint density at radius 2 is 1.68 bits per heavy atom. The number of halogens is 1. The molecule has 1 saturated heterocycles. The van der Waals surface area contributed by atoms with Crippen LogP contribution in [0.3, 0.4) is 0 Å². The van der Waals surface area contributed by atoms with Crippen LogP contribution < -0.4 is 20.7 Å². The summed E-state index contributed by atoms with van der Waals surface area (Å²) in [6, 6.07) is 20.8. The number of aromatic nitrogens is 1. The lowest BCUT2D eigenvalue weighted by molar-refractivity contribution is 0.0322. The van der Waals surface area contributed by atoms with Gasteiger partial charge >= 0.3 is 6.03 Å². The SMILES string of the molecule is O=C(Nc1ccc(Br)cc1)Nc1ccc(CNc2nc3ccc(OCCN4CCOCC4)cc3o2)cc1. The van der Waals surface area contributed by atoms with Gasteiger partial charge in [-0.3, -0.25) is 4.90 Å². The molecule has 37 heavy (non-hydrogen) atoms. The van der Waals surface area contributed by atoms with E-state index in [0.717, 1.165) is 54.2 Å². The third-order valence-electron chi connectivity index (χ3n) is 5.90. The van der Waals surface area contributed by atoms with Crippen LogP contribution in [0.4, 0.5) is 22.2 Å². The molecular weight excluding hydrogens is 538 g/mol. The molecule has 0 radical (unpaired) electrons. The van der Waals surface area contributed by atoms with Gasteiger partial charge in [-0.15, -0.1) is 0 Å². The summed E-state index contributed by atoms with van der Waals surface area (Å²) in [6.07, 6.45) is 0. The van der Waals surface area contributed by atoms with Gasteiger partial charge in [0.15, 0.2) is 5.58 Å². The van der Waals surface area contributed by atoms with Crippen molar-refractivity contribution in [1.82, 2.24) is 9.88 Å². The Hall–Kier alpha value is -3.60. The van der Waals surface area contributed by atoms with Crippen LogP contribution in [-0.4, -0.2) is 55.4 Å². The van der Waals surface area contributed by atoms with E-state index in [0.29, 0.717) is 36.1 Å². The molecule has 5 rings (SSSR count). The van der Waals surface area contributed by atoms with Gasteiger partial charge in [-0.2, -0.15) is 4.98 Å². The van der Waals surface area contributed by atoms with Crippen LogP contribution in [0.15, 0.2) is 75.6 Å². The maximum absolute atomic E-state index is 12.2. The van der Waals surface area contributed by atoms with Crippen LogP contribution in [0.5, 0.6) is 5.75 Å². The molecule has 0 spiro atoms. The fourth-order valence-electron chi connectivity index (χ4n) is 3.90. The molecule has 3 aromatic carbocycles. The lowest BCUT2D eigenvalue weighted by Gasteiger charge is -2.26. The molecule has 192 valence electrons. The topological polar surface area (TPSA) is 101 Å². The Labute approximate surface area is 223 Å². The summed E-state index contributed by atoms with van der Waals surface area (Å²) in [5.74, 6) is 0.760. The molecule has 2 heterocycles. The highest BCUT2D eigenvalue weighted by Gasteiger charge is 2.11. The Balaban J connectivity index is 1.09. The van der Waals surface area contributed by atoms with Crippen LogP contribution in [0, 0.1) is 0 Å². The van der Waals surface area contributed by atoms with Crippen molar-refractivity contribution in [3.63, 3.8) is 0 Å². The van der Waals surface area contributed by atoms with E-state index in [2.05, 4.69) is 41.8 Å². The van der Waals surface area contributed by atoms with Crippen LogP contribution in [0.25, 0.3) is 11.1 Å². The molecular formula is C27H28BrN5O4. The normalized spacial score (nSPS) is 13.9. The van der Waals surface area contributed by atoms with E-state index in [1.54, 1.807) is 0 Å². The molecule has 2 amide bonds. The van der Waals surface area contributed by atoms with Crippen LogP contribution in [0.1, 0.15) is 5.56 Å². The van der Waals surface area contributed by atoms with E-state index in [9.17, 15) is 4.79 Å². The Morgan fingerprint density at radius 1 is 0.973 bits per heavy atom. The standard InChI is InChI=1S/C27H28BrN5O4/c28-20-3-7-22(8-4-20)31-26(34)30-21-5-1-19(2-6-21)18-29-27-32-24-10-9-23(17-25(24)37-27)36-16-13-33-11-14-35-15-12-33/h1-10,17H,11-16,18H2,(H,29,32)(H2,30,31,34). The molecule has 9 nitrogen and oxygen atoms in total. The van der Waals surface area contributed by atoms with Crippen molar-refractivity contribution in [2.75, 3.05) is 55.4 Å². The van der Waals surface area contributed by atoms with Crippen molar-refractivity contribution < 1.29 is 18.7 Å². The second kappa shape index (κ2) is 12.1. The van der Waals surface area contributed by atoms with E-state index in [-0.39, 0.29) is 6.03 Å². The molecule has 0 saturated carbocycles. The molecule has 4 aromatic rings. The number of fused-ring (bicyclic) bond motifs is 1. The first-order valence-electron chi connectivity index (χ1n) is 12.1. The number of anilines is 3. The lowest BCUT2D eigenvalue weighted by atomic mass is 10.2. The monoisotopic (exact) mass is 565 g/mol. The number of nitrogens with one attached hydrogen (secondary N) is 3. The second-order valence-electron chi connectivity index (χ2n) is 8.59. The first-order chi connectivity index (χ1) is 18.1. The summed E-state index contributed by atoms with van der Waals surface area (Å²) in [4.78, 5) is 19.1. The molecule has 10 heteroatoms. The van der Waals surface area contributed by atoms with Crippen LogP contribution in [0.2, 0.25) is 0 Å². The van der Waals surface area contributed by atoms with Crippen molar-refractivity contribution in [1.29, 1.82) is 0 Å². The highest BCUT2D eigenvalue weighted by molar-refractivity contribution is 9.10. The number of urea groups is 1. The van der Waals surface area contributed by atoms with E-state index in [1.165, 1.54) is 0 Å². The van der Waals surface area contributed by atoms with E-state index >= 15 is 0 Å². The number of rotatable bonds is 9. The number of hydrogen-bond donors (Lipinski definition) is 3. The van der Waals surface area contributed by atoms with Gasteiger partial charge in [-0.1, -0.05) is 28.1 Å². The van der Waals surface area contributed by atoms with Gasteiger partial charge in [-0.05, 0) is 54.1 Å². The molecule has 0 aliphatic carbocycles. The first-order valence-corrected chi connectivity index (χ1v) is 12.9. The zero-order valence-electron chi connectivity index (χ0n) is 20.2. The van der Waals surface area contributed by atoms with Gasteiger partial charge in [0.1, 0.15) is 17.9 Å². The van der Waals surface area contributed by atoms with Gasteiger partial charge in [0.05, 0.1) is 13.2 Å². The van der Waals surface area contributed by atoms with Crippen molar-refractivity contribution in [2.24, 2.45) is 0 Å². The zero-order valence-corrected chi connectivity index (χ0v) is 21.8. The second-order valence-corrected chi connectivity index (χ2v) is 9.50. The summed E-state index contributed by atoms with van der Waals surface area (Å²) in [5.41, 5.74) is 3.86. The Kier molecular flexibility index (Phi) is 8.19. The van der Waals surface area contributed by atoms with E-state index < -0.39 is 0 Å². The number of carbonyl (C=O) groups excluding carboxylic acids is 1. The lowest BCUT2D eigenvalue weighted by Crippen LogP contribution is -2.38. The summed E-state index contributed by atoms with van der Waals surface area (Å²) >= 11 is 3.38. The molecule has 1 fully saturated rings. The molecule has 3 N–H and O–H groups in total. The summed E-state index contributed by atoms with van der Waals surface area (Å²) < 4.78 is 18.1. The van der Waals surface area contributed by atoms with Gasteiger partial charge < -0.3 is 29.8 Å². The first kappa shape index (κ1) is 25.1. The molecule has 0 unspecified atom stereocenters. The highest BCUT2D eigenvalue weighted by atomic mass is 79.9. The average Bonchev–Trinajstić information content (AvgIpc) is 3.32. The average molecular weight is 566 g/mol. The Morgan fingerprint density at radius 3 is 2.41 bits per heavy atom. The van der Waals surface area contributed by atoms with Crippen LogP contribution >= 0.6 is 15.9 Å². The maximum Gasteiger partial charge on any atom is 0.323 e. The number of hydrogen-bond acceptors (Lipinski definition) is 7. The molecule has 1 aliphatic rings. The fourth-order valence-corrected chi connectivity index (χ4v) is 4.16. The molecule has 0 bridgehead atoms. The van der Waals surface area contributed by atoms with Crippen LogP contribution in [-0.2, 0) is 11.3 Å². The van der Waals surface area contributed by atoms with Gasteiger partial charge in [0, 0.05) is 48.1 Å². The zero-order chi connectivity index (χ0) is 25.5. The predicted octanol–water partition coefficient (Wildman–Crippen LogP) is 5.56. The number of carbonyl (C=O) groups is 1. The number of oxazole rings is 1.